The summed E-state index contributed by atoms with van der Waals surface area (Å²) in [5, 5.41) is 0. The Kier molecular flexibility index (Phi) is 4.47. The summed E-state index contributed by atoms with van der Waals surface area (Å²) in [5.74, 6) is 0.862. The summed E-state index contributed by atoms with van der Waals surface area (Å²) in [6.07, 6.45) is -0.152. The number of rotatable bonds is 6. The van der Waals surface area contributed by atoms with E-state index in [1.165, 1.54) is 0 Å². The molecule has 0 bridgehead atoms. The topological polar surface area (TPSA) is 52.6 Å². The molecule has 24 heavy (non-hydrogen) atoms. The van der Waals surface area contributed by atoms with Crippen LogP contribution in [0.1, 0.15) is 19.4 Å². The van der Waals surface area contributed by atoms with Gasteiger partial charge in [0.2, 0.25) is 5.43 Å². The van der Waals surface area contributed by atoms with Gasteiger partial charge in [-0.15, -0.1) is 0 Å². The molecule has 0 unspecified atom stereocenters. The first-order valence-electron chi connectivity index (χ1n) is 7.83. The third kappa shape index (κ3) is 3.23. The highest BCUT2D eigenvalue weighted by molar-refractivity contribution is 5.74. The van der Waals surface area contributed by atoms with Crippen LogP contribution in [0.25, 0.3) is 11.1 Å². The summed E-state index contributed by atoms with van der Waals surface area (Å²) in [5.41, 5.74) is 1.05. The molecule has 0 aliphatic carbocycles. The molecule has 0 aliphatic heterocycles. The third-order valence-corrected chi connectivity index (χ3v) is 3.61. The zero-order chi connectivity index (χ0) is 17.1. The normalized spacial score (nSPS) is 11.0. The lowest BCUT2D eigenvalue weighted by molar-refractivity contribution is 0.238. The fraction of sp³-hybridized carbons (Fsp3) is 0.200. The van der Waals surface area contributed by atoms with E-state index >= 15 is 0 Å². The first-order valence-corrected chi connectivity index (χ1v) is 7.83. The van der Waals surface area contributed by atoms with Crippen LogP contribution in [0.5, 0.6) is 11.5 Å². The Morgan fingerprint density at radius 2 is 1.54 bits per heavy atom. The van der Waals surface area contributed by atoms with Crippen molar-refractivity contribution in [2.75, 3.05) is 0 Å². The van der Waals surface area contributed by atoms with E-state index in [1.807, 2.05) is 44.2 Å². The Bertz CT molecular complexity index is 886. The van der Waals surface area contributed by atoms with Gasteiger partial charge in [0.25, 0.3) is 5.43 Å². The van der Waals surface area contributed by atoms with Gasteiger partial charge in [-0.25, -0.2) is 0 Å². The van der Waals surface area contributed by atoms with E-state index in [-0.39, 0.29) is 11.9 Å². The molecule has 0 heterocycles. The molecule has 0 saturated heterocycles. The van der Waals surface area contributed by atoms with Crippen molar-refractivity contribution in [3.05, 3.63) is 80.6 Å². The number of hydrogen-bond acceptors (Lipinski definition) is 4. The summed E-state index contributed by atoms with van der Waals surface area (Å²) >= 11 is 0. The summed E-state index contributed by atoms with van der Waals surface area (Å²) in [6, 6.07) is 17.0. The second-order valence-corrected chi connectivity index (χ2v) is 5.83. The molecule has 0 radical (unpaired) electrons. The van der Waals surface area contributed by atoms with Crippen LogP contribution < -0.4 is 20.3 Å². The van der Waals surface area contributed by atoms with Crippen LogP contribution in [0.3, 0.4) is 0 Å². The largest absolute Gasteiger partial charge is 0.489 e. The molecule has 0 saturated carbocycles. The Morgan fingerprint density at radius 1 is 0.875 bits per heavy atom. The minimum Gasteiger partial charge on any atom is -0.489 e. The highest BCUT2D eigenvalue weighted by Crippen LogP contribution is 2.28. The smallest absolute Gasteiger partial charge is 0.268 e. The van der Waals surface area contributed by atoms with Gasteiger partial charge in [-0.3, -0.25) is 9.59 Å². The van der Waals surface area contributed by atoms with Crippen LogP contribution in [-0.2, 0) is 6.61 Å². The molecule has 0 fully saturated rings. The fourth-order valence-corrected chi connectivity index (χ4v) is 2.44. The molecular formula is C20H18O4. The Morgan fingerprint density at radius 3 is 2.17 bits per heavy atom. The number of hydrogen-bond donors (Lipinski definition) is 0. The summed E-state index contributed by atoms with van der Waals surface area (Å²) in [6.45, 7) is 4.12. The van der Waals surface area contributed by atoms with Crippen molar-refractivity contribution in [3.8, 4) is 22.6 Å². The summed E-state index contributed by atoms with van der Waals surface area (Å²) < 4.78 is 11.2. The van der Waals surface area contributed by atoms with Gasteiger partial charge in [0, 0.05) is 0 Å². The zero-order valence-corrected chi connectivity index (χ0v) is 13.6. The molecule has 0 spiro atoms. The molecule has 122 valence electrons. The van der Waals surface area contributed by atoms with Gasteiger partial charge in [-0.05, 0) is 37.1 Å². The summed E-state index contributed by atoms with van der Waals surface area (Å²) in [4.78, 5) is 23.5. The van der Waals surface area contributed by atoms with E-state index in [1.54, 1.807) is 24.3 Å². The lowest BCUT2D eigenvalue weighted by atomic mass is 10.00. The number of ether oxygens (including phenoxy) is 2. The lowest BCUT2D eigenvalue weighted by Crippen LogP contribution is -2.35. The van der Waals surface area contributed by atoms with E-state index in [0.717, 1.165) is 5.56 Å². The van der Waals surface area contributed by atoms with Gasteiger partial charge in [0.15, 0.2) is 5.75 Å². The van der Waals surface area contributed by atoms with Crippen LogP contribution >= 0.6 is 0 Å². The Hall–Kier alpha value is -2.88. The van der Waals surface area contributed by atoms with E-state index < -0.39 is 10.9 Å². The van der Waals surface area contributed by atoms with Crippen LogP contribution in [-0.4, -0.2) is 6.10 Å². The summed E-state index contributed by atoms with van der Waals surface area (Å²) in [7, 11) is 0. The number of benzene rings is 2. The average Bonchev–Trinajstić information content (AvgIpc) is 2.61. The minimum atomic E-state index is -0.553. The standard InChI is InChI=1S/C20H18O4/c1-13(2)24-20-17(18(21)19(20)22)15-8-10-16(11-9-15)23-12-14-6-4-3-5-7-14/h3-11,13H,12H2,1-2H3. The van der Waals surface area contributed by atoms with Gasteiger partial charge in [-0.1, -0.05) is 42.5 Å². The maximum absolute atomic E-state index is 11.8. The van der Waals surface area contributed by atoms with E-state index in [9.17, 15) is 9.59 Å². The van der Waals surface area contributed by atoms with E-state index in [2.05, 4.69) is 0 Å². The molecule has 3 aromatic carbocycles. The zero-order valence-electron chi connectivity index (χ0n) is 13.6. The molecule has 0 N–H and O–H groups in total. The van der Waals surface area contributed by atoms with Crippen molar-refractivity contribution in [2.45, 2.75) is 26.6 Å². The second-order valence-electron chi connectivity index (χ2n) is 5.83. The van der Waals surface area contributed by atoms with Crippen molar-refractivity contribution in [1.29, 1.82) is 0 Å². The van der Waals surface area contributed by atoms with Gasteiger partial charge in [-0.2, -0.15) is 0 Å². The van der Waals surface area contributed by atoms with Gasteiger partial charge < -0.3 is 9.47 Å². The van der Waals surface area contributed by atoms with Gasteiger partial charge in [0.1, 0.15) is 12.4 Å². The van der Waals surface area contributed by atoms with Crippen LogP contribution in [0.4, 0.5) is 0 Å². The fourth-order valence-electron chi connectivity index (χ4n) is 2.44. The molecule has 3 aromatic rings. The Balaban J connectivity index is 1.75. The van der Waals surface area contributed by atoms with Crippen molar-refractivity contribution in [3.63, 3.8) is 0 Å². The minimum absolute atomic E-state index is 0.152. The van der Waals surface area contributed by atoms with Gasteiger partial charge >= 0.3 is 0 Å². The SMILES string of the molecule is CC(C)Oc1c(-c2ccc(OCc3ccccc3)cc2)c(=O)c1=O. The first kappa shape index (κ1) is 16.0. The molecule has 0 atom stereocenters. The van der Waals surface area contributed by atoms with E-state index in [4.69, 9.17) is 9.47 Å². The quantitative estimate of drug-likeness (QED) is 0.653. The maximum atomic E-state index is 11.8. The molecule has 0 aliphatic rings. The maximum Gasteiger partial charge on any atom is 0.268 e. The second kappa shape index (κ2) is 6.71. The highest BCUT2D eigenvalue weighted by Gasteiger charge is 2.24. The van der Waals surface area contributed by atoms with Gasteiger partial charge in [0.05, 0.1) is 11.7 Å². The molecular weight excluding hydrogens is 304 g/mol. The predicted octanol–water partition coefficient (Wildman–Crippen LogP) is 3.32. The van der Waals surface area contributed by atoms with Crippen molar-refractivity contribution in [1.82, 2.24) is 0 Å². The Labute approximate surface area is 140 Å². The average molecular weight is 322 g/mol. The first-order chi connectivity index (χ1) is 11.6. The lowest BCUT2D eigenvalue weighted by Gasteiger charge is -2.15. The monoisotopic (exact) mass is 322 g/mol. The third-order valence-electron chi connectivity index (χ3n) is 3.61. The molecule has 0 amide bonds. The molecule has 4 nitrogen and oxygen atoms in total. The van der Waals surface area contributed by atoms with Crippen molar-refractivity contribution in [2.24, 2.45) is 0 Å². The van der Waals surface area contributed by atoms with Crippen LogP contribution in [0.15, 0.2) is 64.2 Å². The van der Waals surface area contributed by atoms with Crippen LogP contribution in [0, 0.1) is 0 Å². The van der Waals surface area contributed by atoms with E-state index in [0.29, 0.717) is 23.5 Å². The highest BCUT2D eigenvalue weighted by atomic mass is 16.5. The van der Waals surface area contributed by atoms with Crippen molar-refractivity contribution < 1.29 is 9.47 Å². The molecule has 4 heteroatoms. The predicted molar refractivity (Wildman–Crippen MR) is 93.3 cm³/mol. The molecule has 0 aromatic heterocycles. The van der Waals surface area contributed by atoms with Crippen molar-refractivity contribution >= 4 is 0 Å². The van der Waals surface area contributed by atoms with Crippen LogP contribution in [0.2, 0.25) is 0 Å². The molecule has 3 rings (SSSR count).